The summed E-state index contributed by atoms with van der Waals surface area (Å²) in [5, 5.41) is 9.25. The Morgan fingerprint density at radius 2 is 1.77 bits per heavy atom. The molecule has 0 spiro atoms. The first-order valence-corrected chi connectivity index (χ1v) is 7.85. The van der Waals surface area contributed by atoms with Gasteiger partial charge in [0, 0.05) is 31.6 Å². The van der Waals surface area contributed by atoms with Gasteiger partial charge in [0.15, 0.2) is 0 Å². The quantitative estimate of drug-likeness (QED) is 0.805. The molecule has 1 aromatic heterocycles. The van der Waals surface area contributed by atoms with Crippen molar-refractivity contribution in [3.63, 3.8) is 0 Å². The molecule has 0 atom stereocenters. The van der Waals surface area contributed by atoms with Crippen LogP contribution in [-0.2, 0) is 6.67 Å². The Morgan fingerprint density at radius 1 is 0.955 bits per heavy atom. The van der Waals surface area contributed by atoms with Crippen molar-refractivity contribution < 1.29 is 0 Å². The highest BCUT2D eigenvalue weighted by molar-refractivity contribution is 5.94. The Morgan fingerprint density at radius 3 is 2.59 bits per heavy atom. The van der Waals surface area contributed by atoms with E-state index in [4.69, 9.17) is 0 Å². The number of benzene rings is 2. The molecule has 4 nitrogen and oxygen atoms in total. The molecule has 2 aromatic carbocycles. The lowest BCUT2D eigenvalue weighted by Gasteiger charge is -2.27. The number of hydrogen-bond donors (Lipinski definition) is 1. The molecule has 0 saturated carbocycles. The molecule has 4 heteroatoms. The summed E-state index contributed by atoms with van der Waals surface area (Å²) in [6, 6.07) is 17.0. The zero-order chi connectivity index (χ0) is 14.8. The van der Waals surface area contributed by atoms with Crippen LogP contribution in [0.3, 0.4) is 0 Å². The van der Waals surface area contributed by atoms with Gasteiger partial charge in [-0.25, -0.2) is 0 Å². The van der Waals surface area contributed by atoms with Gasteiger partial charge < -0.3 is 5.32 Å². The Hall–Kier alpha value is -2.17. The Bertz CT molecular complexity index is 757. The molecule has 4 rings (SSSR count). The van der Waals surface area contributed by atoms with Crippen LogP contribution >= 0.6 is 0 Å². The van der Waals surface area contributed by atoms with Crippen LogP contribution in [-0.4, -0.2) is 40.9 Å². The predicted molar refractivity (Wildman–Crippen MR) is 89.6 cm³/mol. The molecule has 1 aliphatic rings. The molecule has 0 amide bonds. The first kappa shape index (κ1) is 13.5. The fourth-order valence-corrected chi connectivity index (χ4v) is 3.13. The maximum absolute atomic E-state index is 4.63. The number of rotatable bonds is 3. The molecule has 1 fully saturated rings. The highest BCUT2D eigenvalue weighted by Crippen LogP contribution is 2.28. The van der Waals surface area contributed by atoms with Crippen LogP contribution in [0.25, 0.3) is 22.0 Å². The predicted octanol–water partition coefficient (Wildman–Crippen LogP) is 2.57. The zero-order valence-corrected chi connectivity index (χ0v) is 12.6. The molecule has 1 saturated heterocycles. The molecular weight excluding hydrogens is 272 g/mol. The van der Waals surface area contributed by atoms with Crippen molar-refractivity contribution >= 4 is 10.9 Å². The zero-order valence-electron chi connectivity index (χ0n) is 12.6. The van der Waals surface area contributed by atoms with E-state index < -0.39 is 0 Å². The standard InChI is InChI=1S/C18H20N4/c1-2-5-15(6-3-1)16-7-4-8-18-17(16)13-20-22(18)14-21-11-9-19-10-12-21/h1-8,13,19H,9-12,14H2. The minimum atomic E-state index is 0.865. The van der Waals surface area contributed by atoms with Gasteiger partial charge in [0.1, 0.15) is 0 Å². The van der Waals surface area contributed by atoms with E-state index in [1.807, 2.05) is 6.20 Å². The molecule has 0 aliphatic carbocycles. The first-order valence-electron chi connectivity index (χ1n) is 7.85. The normalized spacial score (nSPS) is 16.2. The van der Waals surface area contributed by atoms with Crippen molar-refractivity contribution in [1.82, 2.24) is 20.0 Å². The molecule has 1 aliphatic heterocycles. The van der Waals surface area contributed by atoms with Crippen LogP contribution in [0.5, 0.6) is 0 Å². The summed E-state index contributed by atoms with van der Waals surface area (Å²) in [5.41, 5.74) is 3.71. The van der Waals surface area contributed by atoms with Crippen molar-refractivity contribution in [2.75, 3.05) is 26.2 Å². The monoisotopic (exact) mass is 292 g/mol. The van der Waals surface area contributed by atoms with E-state index in [0.29, 0.717) is 0 Å². The molecule has 0 bridgehead atoms. The largest absolute Gasteiger partial charge is 0.314 e. The number of aromatic nitrogens is 2. The maximum atomic E-state index is 4.63. The van der Waals surface area contributed by atoms with Crippen LogP contribution in [0.15, 0.2) is 54.7 Å². The van der Waals surface area contributed by atoms with Crippen LogP contribution in [0, 0.1) is 0 Å². The minimum absolute atomic E-state index is 0.865. The van der Waals surface area contributed by atoms with E-state index >= 15 is 0 Å². The van der Waals surface area contributed by atoms with Crippen molar-refractivity contribution in [3.8, 4) is 11.1 Å². The highest BCUT2D eigenvalue weighted by Gasteiger charge is 2.13. The summed E-state index contributed by atoms with van der Waals surface area (Å²) in [5.74, 6) is 0. The fraction of sp³-hybridized carbons (Fsp3) is 0.278. The molecule has 0 radical (unpaired) electrons. The summed E-state index contributed by atoms with van der Waals surface area (Å²) in [6.45, 7) is 5.16. The van der Waals surface area contributed by atoms with Crippen molar-refractivity contribution in [2.24, 2.45) is 0 Å². The van der Waals surface area contributed by atoms with E-state index in [9.17, 15) is 0 Å². The van der Waals surface area contributed by atoms with Gasteiger partial charge in [-0.1, -0.05) is 42.5 Å². The van der Waals surface area contributed by atoms with Crippen molar-refractivity contribution in [2.45, 2.75) is 6.67 Å². The number of piperazine rings is 1. The Labute approximate surface area is 130 Å². The van der Waals surface area contributed by atoms with Crippen molar-refractivity contribution in [1.29, 1.82) is 0 Å². The lowest BCUT2D eigenvalue weighted by atomic mass is 10.0. The van der Waals surface area contributed by atoms with Gasteiger partial charge in [0.05, 0.1) is 18.4 Å². The van der Waals surface area contributed by atoms with Gasteiger partial charge in [-0.2, -0.15) is 5.10 Å². The average Bonchev–Trinajstić information content (AvgIpc) is 3.00. The van der Waals surface area contributed by atoms with Crippen LogP contribution in [0.2, 0.25) is 0 Å². The molecule has 0 unspecified atom stereocenters. The Kier molecular flexibility index (Phi) is 3.62. The number of nitrogens with one attached hydrogen (secondary N) is 1. The molecule has 1 N–H and O–H groups in total. The van der Waals surface area contributed by atoms with E-state index in [1.54, 1.807) is 0 Å². The summed E-state index contributed by atoms with van der Waals surface area (Å²) < 4.78 is 2.12. The van der Waals surface area contributed by atoms with E-state index in [1.165, 1.54) is 22.0 Å². The molecular formula is C18H20N4. The SMILES string of the molecule is c1ccc(-c2cccc3c2cnn3CN2CCNCC2)cc1. The topological polar surface area (TPSA) is 33.1 Å². The molecule has 112 valence electrons. The van der Waals surface area contributed by atoms with Gasteiger partial charge in [-0.15, -0.1) is 0 Å². The number of fused-ring (bicyclic) bond motifs is 1. The summed E-state index contributed by atoms with van der Waals surface area (Å²) in [6.07, 6.45) is 2.00. The van der Waals surface area contributed by atoms with Gasteiger partial charge >= 0.3 is 0 Å². The average molecular weight is 292 g/mol. The summed E-state index contributed by atoms with van der Waals surface area (Å²) in [7, 11) is 0. The Balaban J connectivity index is 1.70. The lowest BCUT2D eigenvalue weighted by molar-refractivity contribution is 0.187. The highest BCUT2D eigenvalue weighted by atomic mass is 15.4. The number of hydrogen-bond acceptors (Lipinski definition) is 3. The fourth-order valence-electron chi connectivity index (χ4n) is 3.13. The molecule has 22 heavy (non-hydrogen) atoms. The first-order chi connectivity index (χ1) is 10.9. The lowest BCUT2D eigenvalue weighted by Crippen LogP contribution is -2.44. The van der Waals surface area contributed by atoms with Crippen LogP contribution in [0.1, 0.15) is 0 Å². The van der Waals surface area contributed by atoms with Gasteiger partial charge in [-0.05, 0) is 17.2 Å². The third-order valence-electron chi connectivity index (χ3n) is 4.32. The van der Waals surface area contributed by atoms with E-state index in [-0.39, 0.29) is 0 Å². The van der Waals surface area contributed by atoms with E-state index in [0.717, 1.165) is 32.8 Å². The smallest absolute Gasteiger partial charge is 0.0936 e. The van der Waals surface area contributed by atoms with Gasteiger partial charge in [0.2, 0.25) is 0 Å². The van der Waals surface area contributed by atoms with Crippen LogP contribution in [0.4, 0.5) is 0 Å². The van der Waals surface area contributed by atoms with Crippen LogP contribution < -0.4 is 5.32 Å². The molecule has 3 aromatic rings. The van der Waals surface area contributed by atoms with Crippen molar-refractivity contribution in [3.05, 3.63) is 54.7 Å². The van der Waals surface area contributed by atoms with Gasteiger partial charge in [0.25, 0.3) is 0 Å². The summed E-state index contributed by atoms with van der Waals surface area (Å²) in [4.78, 5) is 2.44. The molecule has 2 heterocycles. The van der Waals surface area contributed by atoms with Gasteiger partial charge in [-0.3, -0.25) is 9.58 Å². The second kappa shape index (κ2) is 5.91. The van der Waals surface area contributed by atoms with E-state index in [2.05, 4.69) is 68.5 Å². The third kappa shape index (κ3) is 2.51. The third-order valence-corrected chi connectivity index (χ3v) is 4.32. The second-order valence-corrected chi connectivity index (χ2v) is 5.76. The number of nitrogens with zero attached hydrogens (tertiary/aromatic N) is 3. The minimum Gasteiger partial charge on any atom is -0.314 e. The maximum Gasteiger partial charge on any atom is 0.0936 e. The second-order valence-electron chi connectivity index (χ2n) is 5.76. The summed E-state index contributed by atoms with van der Waals surface area (Å²) >= 11 is 0.